The molecule has 0 atom stereocenters. The Hall–Kier alpha value is -3.60. The molecule has 0 aliphatic rings. The molecule has 1 heterocycles. The third-order valence-corrected chi connectivity index (χ3v) is 4.90. The van der Waals surface area contributed by atoms with E-state index in [9.17, 15) is 13.6 Å². The number of esters is 1. The van der Waals surface area contributed by atoms with Crippen molar-refractivity contribution in [1.82, 2.24) is 4.98 Å². The van der Waals surface area contributed by atoms with Crippen LogP contribution < -0.4 is 0 Å². The molecule has 0 aliphatic heterocycles. The van der Waals surface area contributed by atoms with Gasteiger partial charge in [-0.3, -0.25) is 0 Å². The van der Waals surface area contributed by atoms with Crippen molar-refractivity contribution in [2.45, 2.75) is 6.92 Å². The van der Waals surface area contributed by atoms with Gasteiger partial charge in [-0.2, -0.15) is 0 Å². The number of rotatable bonds is 3. The molecule has 144 valence electrons. The number of benzene rings is 3. The zero-order valence-corrected chi connectivity index (χ0v) is 15.9. The molecule has 5 heteroatoms. The molecule has 1 aromatic heterocycles. The Morgan fingerprint density at radius 2 is 1.59 bits per heavy atom. The summed E-state index contributed by atoms with van der Waals surface area (Å²) in [5.41, 5.74) is 3.80. The fraction of sp³-hybridized carbons (Fsp3) is 0.0833. The third kappa shape index (κ3) is 3.36. The van der Waals surface area contributed by atoms with Gasteiger partial charge >= 0.3 is 5.97 Å². The van der Waals surface area contributed by atoms with E-state index in [4.69, 9.17) is 4.74 Å². The quantitative estimate of drug-likeness (QED) is 0.407. The number of ether oxygens (including phenoxy) is 1. The van der Waals surface area contributed by atoms with Crippen LogP contribution in [0.5, 0.6) is 0 Å². The maximum absolute atomic E-state index is 14.2. The van der Waals surface area contributed by atoms with Crippen molar-refractivity contribution in [2.75, 3.05) is 7.11 Å². The number of hydrogen-bond donors (Lipinski definition) is 0. The molecule has 0 amide bonds. The summed E-state index contributed by atoms with van der Waals surface area (Å²) in [5, 5.41) is 0.357. The van der Waals surface area contributed by atoms with Gasteiger partial charge in [-0.05, 0) is 53.9 Å². The molecular weight excluding hydrogens is 372 g/mol. The standard InChI is InChI=1S/C24H17F2NO2/c1-14-22(24(28)29-2)20-13-17(26)9-11-21(20)27-23(14)19-12-16(25)8-10-18(19)15-6-4-3-5-7-15/h3-13H,1-2H3. The van der Waals surface area contributed by atoms with Crippen LogP contribution in [-0.4, -0.2) is 18.1 Å². The first-order valence-corrected chi connectivity index (χ1v) is 9.03. The van der Waals surface area contributed by atoms with Gasteiger partial charge in [-0.25, -0.2) is 18.6 Å². The highest BCUT2D eigenvalue weighted by molar-refractivity contribution is 6.07. The zero-order chi connectivity index (χ0) is 20.5. The van der Waals surface area contributed by atoms with Crippen LogP contribution in [0.4, 0.5) is 8.78 Å². The van der Waals surface area contributed by atoms with E-state index >= 15 is 0 Å². The van der Waals surface area contributed by atoms with Crippen LogP contribution in [0, 0.1) is 18.6 Å². The van der Waals surface area contributed by atoms with Crippen molar-refractivity contribution >= 4 is 16.9 Å². The van der Waals surface area contributed by atoms with Gasteiger partial charge in [-0.1, -0.05) is 36.4 Å². The normalized spacial score (nSPS) is 10.9. The van der Waals surface area contributed by atoms with E-state index in [1.807, 2.05) is 30.3 Å². The maximum Gasteiger partial charge on any atom is 0.338 e. The Kier molecular flexibility index (Phi) is 4.80. The summed E-state index contributed by atoms with van der Waals surface area (Å²) in [7, 11) is 1.27. The summed E-state index contributed by atoms with van der Waals surface area (Å²) in [6.07, 6.45) is 0. The molecule has 0 saturated carbocycles. The van der Waals surface area contributed by atoms with Crippen LogP contribution >= 0.6 is 0 Å². The first kappa shape index (κ1) is 18.7. The van der Waals surface area contributed by atoms with Crippen LogP contribution in [0.1, 0.15) is 15.9 Å². The van der Waals surface area contributed by atoms with Crippen molar-refractivity contribution in [2.24, 2.45) is 0 Å². The molecule has 0 spiro atoms. The van der Waals surface area contributed by atoms with Crippen LogP contribution in [0.25, 0.3) is 33.3 Å². The molecule has 4 rings (SSSR count). The summed E-state index contributed by atoms with van der Waals surface area (Å²) in [4.78, 5) is 17.2. The molecule has 0 fully saturated rings. The summed E-state index contributed by atoms with van der Waals surface area (Å²) in [6, 6.07) is 18.0. The zero-order valence-electron chi connectivity index (χ0n) is 15.9. The molecule has 3 nitrogen and oxygen atoms in total. The number of halogens is 2. The molecule has 0 N–H and O–H groups in total. The van der Waals surface area contributed by atoms with Gasteiger partial charge in [0.15, 0.2) is 0 Å². The van der Waals surface area contributed by atoms with Gasteiger partial charge in [-0.15, -0.1) is 0 Å². The Labute approximate surface area is 166 Å². The van der Waals surface area contributed by atoms with E-state index in [0.29, 0.717) is 27.7 Å². The van der Waals surface area contributed by atoms with Gasteiger partial charge in [0.2, 0.25) is 0 Å². The minimum absolute atomic E-state index is 0.218. The highest BCUT2D eigenvalue weighted by Crippen LogP contribution is 2.36. The third-order valence-electron chi connectivity index (χ3n) is 4.90. The van der Waals surface area contributed by atoms with Gasteiger partial charge < -0.3 is 4.74 Å². The number of pyridine rings is 1. The number of hydrogen-bond acceptors (Lipinski definition) is 3. The fourth-order valence-corrected chi connectivity index (χ4v) is 3.54. The summed E-state index contributed by atoms with van der Waals surface area (Å²) in [6.45, 7) is 1.71. The second-order valence-corrected chi connectivity index (χ2v) is 6.67. The summed E-state index contributed by atoms with van der Waals surface area (Å²) < 4.78 is 33.0. The van der Waals surface area contributed by atoms with Gasteiger partial charge in [0.1, 0.15) is 11.6 Å². The van der Waals surface area contributed by atoms with Crippen LogP contribution in [0.3, 0.4) is 0 Å². The van der Waals surface area contributed by atoms with Crippen LogP contribution in [0.15, 0.2) is 66.7 Å². The summed E-state index contributed by atoms with van der Waals surface area (Å²) in [5.74, 6) is -1.49. The van der Waals surface area contributed by atoms with Crippen molar-refractivity contribution < 1.29 is 18.3 Å². The number of aromatic nitrogens is 1. The Morgan fingerprint density at radius 3 is 2.31 bits per heavy atom. The van der Waals surface area contributed by atoms with Crippen LogP contribution in [-0.2, 0) is 4.74 Å². The molecule has 0 bridgehead atoms. The Morgan fingerprint density at radius 1 is 0.897 bits per heavy atom. The van der Waals surface area contributed by atoms with Crippen molar-refractivity contribution in [3.63, 3.8) is 0 Å². The molecular formula is C24H17F2NO2. The smallest absolute Gasteiger partial charge is 0.338 e. The topological polar surface area (TPSA) is 39.2 Å². The predicted molar refractivity (Wildman–Crippen MR) is 109 cm³/mol. The summed E-state index contributed by atoms with van der Waals surface area (Å²) >= 11 is 0. The Bertz CT molecular complexity index is 1240. The maximum atomic E-state index is 14.2. The monoisotopic (exact) mass is 389 g/mol. The lowest BCUT2D eigenvalue weighted by Crippen LogP contribution is -2.08. The average molecular weight is 389 g/mol. The lowest BCUT2D eigenvalue weighted by atomic mass is 9.92. The Balaban J connectivity index is 2.08. The fourth-order valence-electron chi connectivity index (χ4n) is 3.54. The molecule has 4 aromatic rings. The highest BCUT2D eigenvalue weighted by Gasteiger charge is 2.22. The molecule has 0 unspecified atom stereocenters. The second-order valence-electron chi connectivity index (χ2n) is 6.67. The number of nitrogens with zero attached hydrogens (tertiary/aromatic N) is 1. The minimum Gasteiger partial charge on any atom is -0.465 e. The second kappa shape index (κ2) is 7.43. The van der Waals surface area contributed by atoms with E-state index in [-0.39, 0.29) is 5.56 Å². The van der Waals surface area contributed by atoms with E-state index in [2.05, 4.69) is 4.98 Å². The first-order valence-electron chi connectivity index (χ1n) is 9.03. The van der Waals surface area contributed by atoms with E-state index < -0.39 is 17.6 Å². The lowest BCUT2D eigenvalue weighted by molar-refractivity contribution is 0.0602. The highest BCUT2D eigenvalue weighted by atomic mass is 19.1. The number of carbonyl (C=O) groups is 1. The van der Waals surface area contributed by atoms with E-state index in [1.54, 1.807) is 13.0 Å². The number of carbonyl (C=O) groups excluding carboxylic acids is 1. The van der Waals surface area contributed by atoms with Gasteiger partial charge in [0, 0.05) is 10.9 Å². The van der Waals surface area contributed by atoms with Gasteiger partial charge in [0.25, 0.3) is 0 Å². The van der Waals surface area contributed by atoms with Gasteiger partial charge in [0.05, 0.1) is 23.9 Å². The molecule has 3 aromatic carbocycles. The molecule has 0 radical (unpaired) electrons. The number of fused-ring (bicyclic) bond motifs is 1. The SMILES string of the molecule is COC(=O)c1c(C)c(-c2cc(F)ccc2-c2ccccc2)nc2ccc(F)cc12. The van der Waals surface area contributed by atoms with Crippen molar-refractivity contribution in [3.8, 4) is 22.4 Å². The predicted octanol–water partition coefficient (Wildman–Crippen LogP) is 5.94. The van der Waals surface area contributed by atoms with Crippen molar-refractivity contribution in [3.05, 3.63) is 89.5 Å². The lowest BCUT2D eigenvalue weighted by Gasteiger charge is -2.16. The molecule has 0 saturated heterocycles. The van der Waals surface area contributed by atoms with E-state index in [0.717, 1.165) is 11.1 Å². The first-order chi connectivity index (χ1) is 14.0. The van der Waals surface area contributed by atoms with Crippen molar-refractivity contribution in [1.29, 1.82) is 0 Å². The minimum atomic E-state index is -0.598. The molecule has 0 aliphatic carbocycles. The molecule has 29 heavy (non-hydrogen) atoms. The van der Waals surface area contributed by atoms with E-state index in [1.165, 1.54) is 37.4 Å². The largest absolute Gasteiger partial charge is 0.465 e. The number of methoxy groups -OCH3 is 1. The average Bonchev–Trinajstić information content (AvgIpc) is 2.73. The van der Waals surface area contributed by atoms with Crippen LogP contribution in [0.2, 0.25) is 0 Å².